The van der Waals surface area contributed by atoms with Gasteiger partial charge in [0.2, 0.25) is 0 Å². The zero-order chi connectivity index (χ0) is 11.4. The Hall–Kier alpha value is -1.02. The molecule has 0 amide bonds. The monoisotopic (exact) mass is 219 g/mol. The van der Waals surface area contributed by atoms with Crippen molar-refractivity contribution in [2.24, 2.45) is 0 Å². The molecule has 0 aromatic heterocycles. The molecule has 0 bridgehead atoms. The molecule has 0 saturated heterocycles. The second kappa shape index (κ2) is 5.35. The molecule has 1 aliphatic rings. The number of nitrogens with one attached hydrogen (secondary N) is 1. The van der Waals surface area contributed by atoms with E-state index in [1.165, 1.54) is 18.4 Å². The zero-order valence-corrected chi connectivity index (χ0v) is 10.2. The van der Waals surface area contributed by atoms with Crippen LogP contribution in [0, 0.1) is 0 Å². The van der Waals surface area contributed by atoms with E-state index < -0.39 is 0 Å². The molecule has 0 atom stereocenters. The second-order valence-corrected chi connectivity index (χ2v) is 4.42. The molecule has 0 unspecified atom stereocenters. The van der Waals surface area contributed by atoms with E-state index in [2.05, 4.69) is 36.5 Å². The Morgan fingerprint density at radius 2 is 1.88 bits per heavy atom. The molecule has 16 heavy (non-hydrogen) atoms. The third kappa shape index (κ3) is 2.56. The Kier molecular flexibility index (Phi) is 3.83. The maximum atomic E-state index is 5.44. The Morgan fingerprint density at radius 1 is 1.19 bits per heavy atom. The van der Waals surface area contributed by atoms with Gasteiger partial charge in [0.15, 0.2) is 0 Å². The van der Waals surface area contributed by atoms with E-state index in [9.17, 15) is 0 Å². The average Bonchev–Trinajstić information content (AvgIpc) is 2.25. The molecular weight excluding hydrogens is 198 g/mol. The smallest absolute Gasteiger partial charge is 0.119 e. The van der Waals surface area contributed by atoms with Crippen molar-refractivity contribution in [3.8, 4) is 5.75 Å². The van der Waals surface area contributed by atoms with E-state index in [1.807, 2.05) is 6.92 Å². The van der Waals surface area contributed by atoms with Gasteiger partial charge in [-0.1, -0.05) is 19.1 Å². The van der Waals surface area contributed by atoms with Crippen molar-refractivity contribution < 1.29 is 4.74 Å². The summed E-state index contributed by atoms with van der Waals surface area (Å²) in [7, 11) is 0. The van der Waals surface area contributed by atoms with Crippen LogP contribution in [0.1, 0.15) is 38.2 Å². The fraction of sp³-hybridized carbons (Fsp3) is 0.571. The summed E-state index contributed by atoms with van der Waals surface area (Å²) < 4.78 is 5.44. The lowest BCUT2D eigenvalue weighted by Crippen LogP contribution is -2.39. The number of rotatable bonds is 5. The number of benzene rings is 1. The summed E-state index contributed by atoms with van der Waals surface area (Å²) in [4.78, 5) is 0. The molecule has 2 rings (SSSR count). The summed E-state index contributed by atoms with van der Waals surface area (Å²) in [6, 6.07) is 9.32. The summed E-state index contributed by atoms with van der Waals surface area (Å²) in [6.45, 7) is 6.01. The van der Waals surface area contributed by atoms with Crippen molar-refractivity contribution in [1.29, 1.82) is 0 Å². The normalized spacial score (nSPS) is 23.9. The minimum atomic E-state index is 0.738. The quantitative estimate of drug-likeness (QED) is 0.822. The summed E-state index contributed by atoms with van der Waals surface area (Å²) in [5.41, 5.74) is 1.46. The van der Waals surface area contributed by atoms with Crippen LogP contribution in [0.3, 0.4) is 0 Å². The number of ether oxygens (including phenoxy) is 1. The minimum Gasteiger partial charge on any atom is -0.494 e. The van der Waals surface area contributed by atoms with E-state index in [1.54, 1.807) is 0 Å². The van der Waals surface area contributed by atoms with E-state index in [-0.39, 0.29) is 0 Å². The van der Waals surface area contributed by atoms with Crippen LogP contribution in [0.4, 0.5) is 0 Å². The molecule has 88 valence electrons. The van der Waals surface area contributed by atoms with Crippen LogP contribution >= 0.6 is 0 Å². The summed E-state index contributed by atoms with van der Waals surface area (Å²) in [5, 5.41) is 3.49. The predicted molar refractivity (Wildman–Crippen MR) is 67.1 cm³/mol. The second-order valence-electron chi connectivity index (χ2n) is 4.42. The van der Waals surface area contributed by atoms with Gasteiger partial charge in [0, 0.05) is 6.04 Å². The predicted octanol–water partition coefficient (Wildman–Crippen LogP) is 2.94. The maximum absolute atomic E-state index is 5.44. The minimum absolute atomic E-state index is 0.738. The van der Waals surface area contributed by atoms with E-state index in [0.717, 1.165) is 30.9 Å². The topological polar surface area (TPSA) is 21.3 Å². The van der Waals surface area contributed by atoms with Gasteiger partial charge in [-0.2, -0.15) is 0 Å². The molecule has 0 aliphatic heterocycles. The van der Waals surface area contributed by atoms with Gasteiger partial charge in [-0.3, -0.25) is 0 Å². The Bertz CT molecular complexity index is 314. The van der Waals surface area contributed by atoms with Crippen molar-refractivity contribution in [3.63, 3.8) is 0 Å². The van der Waals surface area contributed by atoms with Crippen molar-refractivity contribution in [1.82, 2.24) is 5.32 Å². The largest absolute Gasteiger partial charge is 0.494 e. The highest BCUT2D eigenvalue weighted by Gasteiger charge is 2.29. The first-order chi connectivity index (χ1) is 7.83. The fourth-order valence-electron chi connectivity index (χ4n) is 2.35. The molecule has 0 radical (unpaired) electrons. The Morgan fingerprint density at radius 3 is 2.44 bits per heavy atom. The third-order valence-electron chi connectivity index (χ3n) is 3.29. The zero-order valence-electron chi connectivity index (χ0n) is 10.2. The highest BCUT2D eigenvalue weighted by Crippen LogP contribution is 2.37. The first-order valence-corrected chi connectivity index (χ1v) is 6.29. The molecule has 0 heterocycles. The molecule has 1 fully saturated rings. The molecule has 1 aromatic carbocycles. The van der Waals surface area contributed by atoms with Gasteiger partial charge in [-0.05, 0) is 49.9 Å². The van der Waals surface area contributed by atoms with Crippen LogP contribution in [0.2, 0.25) is 0 Å². The highest BCUT2D eigenvalue weighted by molar-refractivity contribution is 5.31. The van der Waals surface area contributed by atoms with Crippen LogP contribution in [0.25, 0.3) is 0 Å². The summed E-state index contributed by atoms with van der Waals surface area (Å²) in [6.07, 6.45) is 2.56. The van der Waals surface area contributed by atoms with Crippen molar-refractivity contribution in [2.45, 2.75) is 38.6 Å². The van der Waals surface area contributed by atoms with Gasteiger partial charge in [0.1, 0.15) is 5.75 Å². The molecular formula is C14H21NO. The van der Waals surface area contributed by atoms with Crippen molar-refractivity contribution in [2.75, 3.05) is 13.2 Å². The van der Waals surface area contributed by atoms with E-state index in [4.69, 9.17) is 4.74 Å². The molecule has 1 aromatic rings. The average molecular weight is 219 g/mol. The molecule has 0 spiro atoms. The highest BCUT2D eigenvalue weighted by atomic mass is 16.5. The van der Waals surface area contributed by atoms with Crippen molar-refractivity contribution >= 4 is 0 Å². The molecule has 1 aliphatic carbocycles. The third-order valence-corrected chi connectivity index (χ3v) is 3.29. The van der Waals surface area contributed by atoms with Crippen LogP contribution in [-0.4, -0.2) is 19.2 Å². The summed E-state index contributed by atoms with van der Waals surface area (Å²) >= 11 is 0. The van der Waals surface area contributed by atoms with E-state index >= 15 is 0 Å². The standard InChI is InChI=1S/C14H21NO/c1-3-15-13-9-12(10-13)11-5-7-14(8-6-11)16-4-2/h5-8,12-13,15H,3-4,9-10H2,1-2H3. The molecule has 2 nitrogen and oxygen atoms in total. The molecule has 1 N–H and O–H groups in total. The summed E-state index contributed by atoms with van der Waals surface area (Å²) in [5.74, 6) is 1.73. The lowest BCUT2D eigenvalue weighted by molar-refractivity contribution is 0.295. The maximum Gasteiger partial charge on any atom is 0.119 e. The van der Waals surface area contributed by atoms with Crippen molar-refractivity contribution in [3.05, 3.63) is 29.8 Å². The molecule has 1 saturated carbocycles. The fourth-order valence-corrected chi connectivity index (χ4v) is 2.35. The van der Waals surface area contributed by atoms with Gasteiger partial charge in [-0.25, -0.2) is 0 Å². The lowest BCUT2D eigenvalue weighted by Gasteiger charge is -2.36. The van der Waals surface area contributed by atoms with Gasteiger partial charge in [0.25, 0.3) is 0 Å². The molecule has 2 heteroatoms. The Balaban J connectivity index is 1.87. The lowest BCUT2D eigenvalue weighted by atomic mass is 9.76. The first kappa shape index (κ1) is 11.5. The van der Waals surface area contributed by atoms with E-state index in [0.29, 0.717) is 0 Å². The van der Waals surface area contributed by atoms with Gasteiger partial charge >= 0.3 is 0 Å². The first-order valence-electron chi connectivity index (χ1n) is 6.29. The SMILES string of the molecule is CCNC1CC(c2ccc(OCC)cc2)C1. The number of hydrogen-bond donors (Lipinski definition) is 1. The van der Waals surface area contributed by atoms with Crippen LogP contribution in [0.15, 0.2) is 24.3 Å². The van der Waals surface area contributed by atoms with Gasteiger partial charge in [0.05, 0.1) is 6.61 Å². The van der Waals surface area contributed by atoms with Gasteiger partial charge < -0.3 is 10.1 Å². The number of hydrogen-bond acceptors (Lipinski definition) is 2. The van der Waals surface area contributed by atoms with Crippen LogP contribution in [-0.2, 0) is 0 Å². The van der Waals surface area contributed by atoms with Crippen LogP contribution < -0.4 is 10.1 Å². The van der Waals surface area contributed by atoms with Gasteiger partial charge in [-0.15, -0.1) is 0 Å². The van der Waals surface area contributed by atoms with Crippen LogP contribution in [0.5, 0.6) is 5.75 Å². The Labute approximate surface area is 98.0 Å².